The number of carbonyl (C=O) groups excluding carboxylic acids is 1. The molecule has 5 heteroatoms. The first-order valence-electron chi connectivity index (χ1n) is 5.88. The van der Waals surface area contributed by atoms with Crippen LogP contribution in [0.4, 0.5) is 0 Å². The molecule has 4 nitrogen and oxygen atoms in total. The number of aryl methyl sites for hydroxylation is 2. The standard InChI is InChI=1S/C12H17ClN2O2/c1-8-12(13)10(15(2)14-8)7-11(16)9-3-5-17-6-4-9/h9H,3-7H2,1-2H3. The highest BCUT2D eigenvalue weighted by Gasteiger charge is 2.24. The summed E-state index contributed by atoms with van der Waals surface area (Å²) < 4.78 is 6.96. The third-order valence-corrected chi connectivity index (χ3v) is 3.77. The number of rotatable bonds is 3. The molecular weight excluding hydrogens is 240 g/mol. The highest BCUT2D eigenvalue weighted by molar-refractivity contribution is 6.32. The minimum absolute atomic E-state index is 0.120. The topological polar surface area (TPSA) is 44.1 Å². The van der Waals surface area contributed by atoms with E-state index in [-0.39, 0.29) is 11.7 Å². The number of aromatic nitrogens is 2. The molecule has 0 spiro atoms. The van der Waals surface area contributed by atoms with Crippen molar-refractivity contribution < 1.29 is 9.53 Å². The van der Waals surface area contributed by atoms with Gasteiger partial charge in [-0.05, 0) is 19.8 Å². The van der Waals surface area contributed by atoms with Crippen molar-refractivity contribution in [1.29, 1.82) is 0 Å². The smallest absolute Gasteiger partial charge is 0.142 e. The monoisotopic (exact) mass is 256 g/mol. The van der Waals surface area contributed by atoms with Crippen LogP contribution in [0, 0.1) is 12.8 Å². The Bertz CT molecular complexity index is 422. The van der Waals surface area contributed by atoms with Gasteiger partial charge in [0.15, 0.2) is 0 Å². The lowest BCUT2D eigenvalue weighted by atomic mass is 9.93. The van der Waals surface area contributed by atoms with Crippen molar-refractivity contribution >= 4 is 17.4 Å². The zero-order valence-electron chi connectivity index (χ0n) is 10.2. The van der Waals surface area contributed by atoms with Gasteiger partial charge in [0.2, 0.25) is 0 Å². The van der Waals surface area contributed by atoms with Crippen molar-refractivity contribution in [2.45, 2.75) is 26.2 Å². The molecule has 0 atom stereocenters. The molecule has 94 valence electrons. The quantitative estimate of drug-likeness (QED) is 0.830. The van der Waals surface area contributed by atoms with Crippen molar-refractivity contribution in [2.24, 2.45) is 13.0 Å². The van der Waals surface area contributed by atoms with Gasteiger partial charge in [0, 0.05) is 26.2 Å². The van der Waals surface area contributed by atoms with Crippen molar-refractivity contribution in [2.75, 3.05) is 13.2 Å². The van der Waals surface area contributed by atoms with Crippen molar-refractivity contribution in [3.05, 3.63) is 16.4 Å². The molecular formula is C12H17ClN2O2. The predicted molar refractivity (Wildman–Crippen MR) is 65.2 cm³/mol. The van der Waals surface area contributed by atoms with Crippen LogP contribution in [0.1, 0.15) is 24.2 Å². The van der Waals surface area contributed by atoms with Crippen LogP contribution in [0.25, 0.3) is 0 Å². The Morgan fingerprint density at radius 3 is 2.71 bits per heavy atom. The number of nitrogens with zero attached hydrogens (tertiary/aromatic N) is 2. The fraction of sp³-hybridized carbons (Fsp3) is 0.667. The Hall–Kier alpha value is -0.870. The number of ether oxygens (including phenoxy) is 1. The van der Waals surface area contributed by atoms with Gasteiger partial charge in [-0.15, -0.1) is 0 Å². The minimum atomic E-state index is 0.120. The summed E-state index contributed by atoms with van der Waals surface area (Å²) in [6.45, 7) is 3.23. The van der Waals surface area contributed by atoms with Gasteiger partial charge in [0.25, 0.3) is 0 Å². The maximum atomic E-state index is 12.1. The summed E-state index contributed by atoms with van der Waals surface area (Å²) >= 11 is 6.14. The highest BCUT2D eigenvalue weighted by atomic mass is 35.5. The van der Waals surface area contributed by atoms with Gasteiger partial charge in [-0.2, -0.15) is 5.10 Å². The van der Waals surface area contributed by atoms with Crippen LogP contribution < -0.4 is 0 Å². The lowest BCUT2D eigenvalue weighted by Crippen LogP contribution is -2.25. The average Bonchev–Trinajstić information content (AvgIpc) is 2.57. The van der Waals surface area contributed by atoms with Gasteiger partial charge >= 0.3 is 0 Å². The molecule has 1 aromatic heterocycles. The Labute approximate surface area is 106 Å². The first kappa shape index (κ1) is 12.6. The van der Waals surface area contributed by atoms with Crippen molar-refractivity contribution in [3.8, 4) is 0 Å². The van der Waals surface area contributed by atoms with Crippen molar-refractivity contribution in [3.63, 3.8) is 0 Å². The first-order valence-corrected chi connectivity index (χ1v) is 6.26. The Morgan fingerprint density at radius 1 is 1.53 bits per heavy atom. The molecule has 1 aliphatic heterocycles. The molecule has 0 bridgehead atoms. The molecule has 2 rings (SSSR count). The Balaban J connectivity index is 2.07. The summed E-state index contributed by atoms with van der Waals surface area (Å²) in [4.78, 5) is 12.1. The van der Waals surface area contributed by atoms with Crippen LogP contribution in [0.5, 0.6) is 0 Å². The van der Waals surface area contributed by atoms with E-state index in [4.69, 9.17) is 16.3 Å². The van der Waals surface area contributed by atoms with Crippen LogP contribution in [-0.4, -0.2) is 28.8 Å². The van der Waals surface area contributed by atoms with E-state index in [1.54, 1.807) is 4.68 Å². The lowest BCUT2D eigenvalue weighted by Gasteiger charge is -2.20. The summed E-state index contributed by atoms with van der Waals surface area (Å²) in [6, 6.07) is 0. The Morgan fingerprint density at radius 2 is 2.18 bits per heavy atom. The molecule has 1 fully saturated rings. The van der Waals surface area contributed by atoms with Crippen LogP contribution in [0.15, 0.2) is 0 Å². The van der Waals surface area contributed by atoms with E-state index in [1.807, 2.05) is 14.0 Å². The van der Waals surface area contributed by atoms with Gasteiger partial charge < -0.3 is 4.74 Å². The van der Waals surface area contributed by atoms with E-state index < -0.39 is 0 Å². The molecule has 0 N–H and O–H groups in total. The number of carbonyl (C=O) groups is 1. The molecule has 1 aromatic rings. The molecule has 0 saturated carbocycles. The van der Waals surface area contributed by atoms with Crippen LogP contribution in [0.3, 0.4) is 0 Å². The molecule has 0 aromatic carbocycles. The van der Waals surface area contributed by atoms with Crippen LogP contribution in [-0.2, 0) is 23.0 Å². The molecule has 17 heavy (non-hydrogen) atoms. The number of hydrogen-bond acceptors (Lipinski definition) is 3. The second-order valence-corrected chi connectivity index (χ2v) is 4.88. The molecule has 0 amide bonds. The lowest BCUT2D eigenvalue weighted by molar-refractivity contribution is -0.125. The molecule has 2 heterocycles. The molecule has 0 unspecified atom stereocenters. The third-order valence-electron chi connectivity index (χ3n) is 3.28. The normalized spacial score (nSPS) is 17.4. The maximum Gasteiger partial charge on any atom is 0.142 e. The van der Waals surface area contributed by atoms with Gasteiger partial charge in [-0.1, -0.05) is 11.6 Å². The van der Waals surface area contributed by atoms with Crippen LogP contribution in [0.2, 0.25) is 5.02 Å². The van der Waals surface area contributed by atoms with Gasteiger partial charge in [0.05, 0.1) is 22.8 Å². The highest BCUT2D eigenvalue weighted by Crippen LogP contribution is 2.23. The summed E-state index contributed by atoms with van der Waals surface area (Å²) in [5.41, 5.74) is 1.60. The number of hydrogen-bond donors (Lipinski definition) is 0. The first-order chi connectivity index (χ1) is 8.09. The largest absolute Gasteiger partial charge is 0.381 e. The maximum absolute atomic E-state index is 12.1. The van der Waals surface area contributed by atoms with E-state index in [2.05, 4.69) is 5.10 Å². The predicted octanol–water partition coefficient (Wildman–Crippen LogP) is 1.92. The van der Waals surface area contributed by atoms with E-state index in [1.165, 1.54) is 0 Å². The fourth-order valence-corrected chi connectivity index (χ4v) is 2.43. The van der Waals surface area contributed by atoms with Gasteiger partial charge in [-0.3, -0.25) is 9.48 Å². The van der Waals surface area contributed by atoms with Crippen molar-refractivity contribution in [1.82, 2.24) is 9.78 Å². The average molecular weight is 257 g/mol. The fourth-order valence-electron chi connectivity index (χ4n) is 2.20. The summed E-state index contributed by atoms with van der Waals surface area (Å²) in [5, 5.41) is 4.84. The second-order valence-electron chi connectivity index (χ2n) is 4.50. The molecule has 0 aliphatic carbocycles. The number of halogens is 1. The Kier molecular flexibility index (Phi) is 3.84. The van der Waals surface area contributed by atoms with Gasteiger partial charge in [-0.25, -0.2) is 0 Å². The SMILES string of the molecule is Cc1nn(C)c(CC(=O)C2CCOCC2)c1Cl. The van der Waals surface area contributed by atoms with E-state index in [9.17, 15) is 4.79 Å². The summed E-state index contributed by atoms with van der Waals surface area (Å²) in [5.74, 6) is 0.369. The van der Waals surface area contributed by atoms with E-state index >= 15 is 0 Å². The summed E-state index contributed by atoms with van der Waals surface area (Å²) in [7, 11) is 1.82. The third kappa shape index (κ3) is 2.69. The zero-order valence-corrected chi connectivity index (χ0v) is 11.0. The minimum Gasteiger partial charge on any atom is -0.381 e. The molecule has 0 radical (unpaired) electrons. The molecule has 1 saturated heterocycles. The van der Waals surface area contributed by atoms with E-state index in [0.717, 1.165) is 24.2 Å². The molecule has 1 aliphatic rings. The van der Waals surface area contributed by atoms with Gasteiger partial charge in [0.1, 0.15) is 5.78 Å². The summed E-state index contributed by atoms with van der Waals surface area (Å²) in [6.07, 6.45) is 2.03. The van der Waals surface area contributed by atoms with E-state index in [0.29, 0.717) is 24.7 Å². The second kappa shape index (κ2) is 5.19. The number of Topliss-reactive ketones (excluding diaryl/α,β-unsaturated/α-hetero) is 1. The number of ketones is 1. The zero-order chi connectivity index (χ0) is 12.4. The van der Waals surface area contributed by atoms with Crippen LogP contribution >= 0.6 is 11.6 Å².